The molecule has 1 N–H and O–H groups in total. The molecule has 0 unspecified atom stereocenters. The van der Waals surface area contributed by atoms with Crippen LogP contribution >= 0.6 is 0 Å². The van der Waals surface area contributed by atoms with Crippen LogP contribution in [0.5, 0.6) is 17.4 Å². The third-order valence-corrected chi connectivity index (χ3v) is 6.81. The summed E-state index contributed by atoms with van der Waals surface area (Å²) in [6, 6.07) is 12.1. The van der Waals surface area contributed by atoms with E-state index in [0.29, 0.717) is 28.8 Å². The molecule has 0 amide bonds. The lowest BCUT2D eigenvalue weighted by Gasteiger charge is -2.26. The summed E-state index contributed by atoms with van der Waals surface area (Å²) >= 11 is 0. The smallest absolute Gasteiger partial charge is 0.303 e. The van der Waals surface area contributed by atoms with Crippen LogP contribution in [0.15, 0.2) is 48.7 Å². The van der Waals surface area contributed by atoms with Crippen LogP contribution in [0, 0.1) is 11.7 Å². The largest absolute Gasteiger partial charge is 0.497 e. The second-order valence-corrected chi connectivity index (χ2v) is 9.43. The topological polar surface area (TPSA) is 90.8 Å². The normalized spacial score (nSPS) is 16.2. The first-order chi connectivity index (χ1) is 17.5. The summed E-state index contributed by atoms with van der Waals surface area (Å²) in [5, 5.41) is 9.32. The SMILES string of the molecule is COc1ccc(F)c(-c2ncc(COc3cccc([C@@H](CC(=O)O)C4CC4)c3)nc2OC2CCC2)c1. The molecule has 2 saturated carbocycles. The minimum absolute atomic E-state index is 0.00892. The maximum atomic E-state index is 14.7. The van der Waals surface area contributed by atoms with Crippen molar-refractivity contribution in [2.45, 2.75) is 57.2 Å². The van der Waals surface area contributed by atoms with E-state index in [1.54, 1.807) is 18.3 Å². The summed E-state index contributed by atoms with van der Waals surface area (Å²) in [5.41, 5.74) is 2.11. The molecule has 7 nitrogen and oxygen atoms in total. The molecule has 3 aromatic rings. The number of hydrogen-bond acceptors (Lipinski definition) is 6. The summed E-state index contributed by atoms with van der Waals surface area (Å²) in [6.07, 6.45) is 6.76. The maximum absolute atomic E-state index is 14.7. The molecule has 0 bridgehead atoms. The average molecular weight is 493 g/mol. The molecular formula is C28H29FN2O5. The fraction of sp³-hybridized carbons (Fsp3) is 0.393. The maximum Gasteiger partial charge on any atom is 0.303 e. The number of hydrogen-bond donors (Lipinski definition) is 1. The zero-order chi connectivity index (χ0) is 25.1. The Morgan fingerprint density at radius 2 is 1.97 bits per heavy atom. The zero-order valence-electron chi connectivity index (χ0n) is 20.2. The van der Waals surface area contributed by atoms with Gasteiger partial charge in [-0.15, -0.1) is 0 Å². The van der Waals surface area contributed by atoms with E-state index in [1.807, 2.05) is 24.3 Å². The van der Waals surface area contributed by atoms with Gasteiger partial charge in [-0.25, -0.2) is 14.4 Å². The standard InChI is InChI=1S/C28H29FN2O5/c1-34-21-10-11-25(29)24(13-21)27-28(36-20-5-3-6-20)31-19(15-30-27)16-35-22-7-2-4-18(12-22)23(14-26(32)33)17-8-9-17/h2,4,7,10-13,15,17,20,23H,3,5-6,8-9,14,16H2,1H3,(H,32,33)/t23-/m0/s1. The molecule has 1 aromatic heterocycles. The van der Waals surface area contributed by atoms with Crippen molar-refractivity contribution in [2.24, 2.45) is 5.92 Å². The molecule has 2 aliphatic carbocycles. The number of methoxy groups -OCH3 is 1. The number of halogens is 1. The molecule has 0 saturated heterocycles. The third-order valence-electron chi connectivity index (χ3n) is 6.81. The molecule has 188 valence electrons. The molecule has 5 rings (SSSR count). The molecule has 1 atom stereocenters. The van der Waals surface area contributed by atoms with E-state index in [4.69, 9.17) is 14.2 Å². The Balaban J connectivity index is 1.36. The minimum Gasteiger partial charge on any atom is -0.497 e. The quantitative estimate of drug-likeness (QED) is 0.363. The molecule has 8 heteroatoms. The molecule has 2 aliphatic rings. The Kier molecular flexibility index (Phi) is 7.02. The van der Waals surface area contributed by atoms with Gasteiger partial charge in [0.05, 0.1) is 19.7 Å². The number of aliphatic carboxylic acids is 1. The number of ether oxygens (including phenoxy) is 3. The van der Waals surface area contributed by atoms with E-state index in [1.165, 1.54) is 13.2 Å². The summed E-state index contributed by atoms with van der Waals surface area (Å²) in [7, 11) is 1.53. The number of benzene rings is 2. The number of nitrogens with zero attached hydrogens (tertiary/aromatic N) is 2. The molecular weight excluding hydrogens is 463 g/mol. The van der Waals surface area contributed by atoms with Crippen molar-refractivity contribution < 1.29 is 28.5 Å². The highest BCUT2D eigenvalue weighted by Gasteiger charge is 2.34. The molecule has 2 aromatic carbocycles. The highest BCUT2D eigenvalue weighted by Crippen LogP contribution is 2.45. The van der Waals surface area contributed by atoms with Gasteiger partial charge in [0.1, 0.15) is 41.4 Å². The average Bonchev–Trinajstić information content (AvgIpc) is 3.69. The zero-order valence-corrected chi connectivity index (χ0v) is 20.2. The van der Waals surface area contributed by atoms with Crippen LogP contribution < -0.4 is 14.2 Å². The van der Waals surface area contributed by atoms with Crippen molar-refractivity contribution in [3.8, 4) is 28.6 Å². The predicted molar refractivity (Wildman–Crippen MR) is 131 cm³/mol. The number of carboxylic acid groups (broad SMARTS) is 1. The monoisotopic (exact) mass is 492 g/mol. The van der Waals surface area contributed by atoms with Crippen LogP contribution in [0.2, 0.25) is 0 Å². The van der Waals surface area contributed by atoms with E-state index in [0.717, 1.165) is 37.7 Å². The van der Waals surface area contributed by atoms with Crippen LogP contribution in [0.3, 0.4) is 0 Å². The number of carbonyl (C=O) groups is 1. The molecule has 1 heterocycles. The second kappa shape index (κ2) is 10.5. The summed E-state index contributed by atoms with van der Waals surface area (Å²) < 4.78 is 32.0. The van der Waals surface area contributed by atoms with Crippen LogP contribution in [0.4, 0.5) is 4.39 Å². The van der Waals surface area contributed by atoms with Crippen molar-refractivity contribution >= 4 is 5.97 Å². The molecule has 0 aliphatic heterocycles. The van der Waals surface area contributed by atoms with Gasteiger partial charge in [0.15, 0.2) is 0 Å². The van der Waals surface area contributed by atoms with Crippen LogP contribution in [0.25, 0.3) is 11.3 Å². The minimum atomic E-state index is -0.792. The van der Waals surface area contributed by atoms with Gasteiger partial charge in [-0.3, -0.25) is 4.79 Å². The predicted octanol–water partition coefficient (Wildman–Crippen LogP) is 5.77. The second-order valence-electron chi connectivity index (χ2n) is 9.43. The van der Waals surface area contributed by atoms with Crippen LogP contribution in [0.1, 0.15) is 55.7 Å². The fourth-order valence-electron chi connectivity index (χ4n) is 4.44. The number of carboxylic acids is 1. The van der Waals surface area contributed by atoms with Crippen LogP contribution in [-0.4, -0.2) is 34.3 Å². The Morgan fingerprint density at radius 1 is 1.14 bits per heavy atom. The summed E-state index contributed by atoms with van der Waals surface area (Å²) in [6.45, 7) is 0.144. The van der Waals surface area contributed by atoms with Gasteiger partial charge in [-0.1, -0.05) is 12.1 Å². The van der Waals surface area contributed by atoms with Gasteiger partial charge in [-0.2, -0.15) is 0 Å². The van der Waals surface area contributed by atoms with E-state index >= 15 is 0 Å². The first-order valence-electron chi connectivity index (χ1n) is 12.3. The van der Waals surface area contributed by atoms with Gasteiger partial charge in [0.25, 0.3) is 0 Å². The van der Waals surface area contributed by atoms with E-state index in [2.05, 4.69) is 9.97 Å². The summed E-state index contributed by atoms with van der Waals surface area (Å²) in [4.78, 5) is 20.5. The third kappa shape index (κ3) is 5.58. The van der Waals surface area contributed by atoms with Crippen molar-refractivity contribution in [2.75, 3.05) is 7.11 Å². The molecule has 36 heavy (non-hydrogen) atoms. The number of rotatable bonds is 11. The first kappa shape index (κ1) is 24.0. The highest BCUT2D eigenvalue weighted by molar-refractivity contribution is 5.68. The lowest BCUT2D eigenvalue weighted by atomic mass is 9.91. The lowest BCUT2D eigenvalue weighted by Crippen LogP contribution is -2.25. The van der Waals surface area contributed by atoms with Gasteiger partial charge in [-0.05, 0) is 79.8 Å². The lowest BCUT2D eigenvalue weighted by molar-refractivity contribution is -0.137. The van der Waals surface area contributed by atoms with Gasteiger partial charge in [0, 0.05) is 5.56 Å². The highest BCUT2D eigenvalue weighted by atomic mass is 19.1. The van der Waals surface area contributed by atoms with Gasteiger partial charge < -0.3 is 19.3 Å². The Labute approximate surface area is 209 Å². The van der Waals surface area contributed by atoms with E-state index in [9.17, 15) is 14.3 Å². The number of aromatic nitrogens is 2. The van der Waals surface area contributed by atoms with Gasteiger partial charge in [0.2, 0.25) is 5.88 Å². The molecule has 0 radical (unpaired) electrons. The van der Waals surface area contributed by atoms with Gasteiger partial charge >= 0.3 is 5.97 Å². The molecule has 0 spiro atoms. The van der Waals surface area contributed by atoms with E-state index < -0.39 is 11.8 Å². The fourth-order valence-corrected chi connectivity index (χ4v) is 4.44. The Morgan fingerprint density at radius 3 is 2.67 bits per heavy atom. The van der Waals surface area contributed by atoms with Crippen molar-refractivity contribution in [1.29, 1.82) is 0 Å². The Bertz CT molecular complexity index is 1240. The van der Waals surface area contributed by atoms with Crippen LogP contribution in [-0.2, 0) is 11.4 Å². The molecule has 2 fully saturated rings. The van der Waals surface area contributed by atoms with Crippen molar-refractivity contribution in [3.05, 3.63) is 65.7 Å². The first-order valence-corrected chi connectivity index (χ1v) is 12.3. The van der Waals surface area contributed by atoms with E-state index in [-0.39, 0.29) is 36.5 Å². The van der Waals surface area contributed by atoms with Crippen molar-refractivity contribution in [3.63, 3.8) is 0 Å². The van der Waals surface area contributed by atoms with Crippen molar-refractivity contribution in [1.82, 2.24) is 9.97 Å². The Hall–Kier alpha value is -3.68. The summed E-state index contributed by atoms with van der Waals surface area (Å²) in [5.74, 6) is 0.605.